The number of fused-ring (bicyclic) bond motifs is 4. The number of benzene rings is 1. The minimum atomic E-state index is -3.90. The summed E-state index contributed by atoms with van der Waals surface area (Å²) in [6, 6.07) is 9.28. The summed E-state index contributed by atoms with van der Waals surface area (Å²) in [5.74, 6) is 0.373. The SMILES string of the molecule is Cc1cc(S(=O)(=O)Nc2cc(-c3ccc4ncc5c(c4c3)C3(CCC3)C(=O)N5C)cnc2OCCCN2CCCCC2)sn1. The van der Waals surface area contributed by atoms with E-state index in [2.05, 4.69) is 30.0 Å². The minimum absolute atomic E-state index is 0.128. The third kappa shape index (κ3) is 5.12. The Kier molecular flexibility index (Phi) is 7.54. The molecule has 0 radical (unpaired) electrons. The van der Waals surface area contributed by atoms with Crippen molar-refractivity contribution in [2.75, 3.05) is 42.9 Å². The zero-order chi connectivity index (χ0) is 30.5. The van der Waals surface area contributed by atoms with Gasteiger partial charge < -0.3 is 14.5 Å². The smallest absolute Gasteiger partial charge is 0.273 e. The highest BCUT2D eigenvalue weighted by molar-refractivity contribution is 7.94. The van der Waals surface area contributed by atoms with E-state index in [1.807, 2.05) is 19.2 Å². The number of anilines is 2. The maximum atomic E-state index is 13.4. The van der Waals surface area contributed by atoms with Crippen LogP contribution in [0.25, 0.3) is 22.0 Å². The Morgan fingerprint density at radius 2 is 1.84 bits per heavy atom. The molecule has 1 aliphatic carbocycles. The van der Waals surface area contributed by atoms with E-state index < -0.39 is 15.4 Å². The second-order valence-corrected chi connectivity index (χ2v) is 14.8. The summed E-state index contributed by atoms with van der Waals surface area (Å²) in [6.07, 6.45) is 10.8. The van der Waals surface area contributed by atoms with Gasteiger partial charge in [-0.05, 0) is 93.5 Å². The van der Waals surface area contributed by atoms with Crippen LogP contribution in [0.1, 0.15) is 56.2 Å². The van der Waals surface area contributed by atoms with Crippen LogP contribution in [0.3, 0.4) is 0 Å². The summed E-state index contributed by atoms with van der Waals surface area (Å²) < 4.78 is 39.8. The first-order chi connectivity index (χ1) is 21.2. The molecule has 5 heterocycles. The molecule has 0 unspecified atom stereocenters. The molecule has 1 aromatic carbocycles. The van der Waals surface area contributed by atoms with Crippen LogP contribution in [0.4, 0.5) is 11.4 Å². The van der Waals surface area contributed by atoms with Gasteiger partial charge in [-0.3, -0.25) is 14.5 Å². The molecule has 7 rings (SSSR count). The van der Waals surface area contributed by atoms with Crippen molar-refractivity contribution in [2.45, 2.75) is 61.5 Å². The van der Waals surface area contributed by atoms with Crippen LogP contribution in [-0.4, -0.2) is 66.9 Å². The van der Waals surface area contributed by atoms with E-state index >= 15 is 0 Å². The van der Waals surface area contributed by atoms with Crippen molar-refractivity contribution < 1.29 is 17.9 Å². The van der Waals surface area contributed by atoms with Gasteiger partial charge in [0.05, 0.1) is 35.1 Å². The van der Waals surface area contributed by atoms with Crippen molar-refractivity contribution in [1.82, 2.24) is 19.2 Å². The third-order valence-corrected chi connectivity index (χ3v) is 11.9. The van der Waals surface area contributed by atoms with Crippen LogP contribution in [-0.2, 0) is 20.2 Å². The Bertz CT molecular complexity index is 1850. The van der Waals surface area contributed by atoms with E-state index in [1.165, 1.54) is 19.3 Å². The van der Waals surface area contributed by atoms with Crippen LogP contribution in [0, 0.1) is 6.92 Å². The summed E-state index contributed by atoms with van der Waals surface area (Å²) in [6.45, 7) is 5.35. The normalized spacial score (nSPS) is 18.0. The lowest BCUT2D eigenvalue weighted by molar-refractivity contribution is -0.125. The van der Waals surface area contributed by atoms with Gasteiger partial charge in [0.1, 0.15) is 5.69 Å². The Balaban J connectivity index is 1.22. The van der Waals surface area contributed by atoms with E-state index in [9.17, 15) is 13.2 Å². The minimum Gasteiger partial charge on any atom is -0.476 e. The number of amides is 1. The van der Waals surface area contributed by atoms with Gasteiger partial charge in [-0.15, -0.1) is 0 Å². The number of carbonyl (C=O) groups excluding carboxylic acids is 1. The number of aromatic nitrogens is 3. The highest BCUT2D eigenvalue weighted by Crippen LogP contribution is 2.55. The van der Waals surface area contributed by atoms with Gasteiger partial charge in [0.25, 0.3) is 10.0 Å². The number of likely N-dealkylation sites (N-methyl/N-ethyl adjacent to an activating group) is 1. The van der Waals surface area contributed by atoms with Crippen molar-refractivity contribution >= 4 is 49.7 Å². The maximum Gasteiger partial charge on any atom is 0.273 e. The Hall–Kier alpha value is -3.61. The van der Waals surface area contributed by atoms with Crippen LogP contribution < -0.4 is 14.4 Å². The number of rotatable bonds is 9. The average Bonchev–Trinajstić information content (AvgIpc) is 3.55. The Morgan fingerprint density at radius 3 is 2.57 bits per heavy atom. The van der Waals surface area contributed by atoms with Gasteiger partial charge in [0.15, 0.2) is 4.21 Å². The molecule has 1 saturated heterocycles. The summed E-state index contributed by atoms with van der Waals surface area (Å²) in [5, 5.41) is 0.942. The van der Waals surface area contributed by atoms with Crippen LogP contribution >= 0.6 is 11.5 Å². The fourth-order valence-corrected chi connectivity index (χ4v) is 8.75. The molecule has 1 saturated carbocycles. The number of pyridine rings is 2. The summed E-state index contributed by atoms with van der Waals surface area (Å²) in [5.41, 5.74) is 4.73. The average molecular weight is 633 g/mol. The summed E-state index contributed by atoms with van der Waals surface area (Å²) in [7, 11) is -2.08. The number of hydrogen-bond acceptors (Lipinski definition) is 9. The van der Waals surface area contributed by atoms with Crippen molar-refractivity contribution in [1.29, 1.82) is 0 Å². The van der Waals surface area contributed by atoms with Crippen LogP contribution in [0.5, 0.6) is 5.88 Å². The topological polar surface area (TPSA) is 118 Å². The van der Waals surface area contributed by atoms with Gasteiger partial charge >= 0.3 is 0 Å². The molecule has 4 aromatic rings. The number of ether oxygens (including phenoxy) is 1. The fraction of sp³-hybridized carbons (Fsp3) is 0.438. The van der Waals surface area contributed by atoms with E-state index in [0.29, 0.717) is 12.3 Å². The van der Waals surface area contributed by atoms with E-state index in [4.69, 9.17) is 4.74 Å². The molecule has 1 spiro atoms. The van der Waals surface area contributed by atoms with E-state index in [1.54, 1.807) is 36.4 Å². The summed E-state index contributed by atoms with van der Waals surface area (Å²) >= 11 is 0.934. The van der Waals surface area contributed by atoms with E-state index in [-0.39, 0.29) is 21.7 Å². The van der Waals surface area contributed by atoms with Gasteiger partial charge in [-0.2, -0.15) is 4.37 Å². The lowest BCUT2D eigenvalue weighted by Gasteiger charge is -2.37. The second-order valence-electron chi connectivity index (χ2n) is 12.1. The Morgan fingerprint density at radius 1 is 1.02 bits per heavy atom. The molecular formula is C32H36N6O4S2. The predicted octanol–water partition coefficient (Wildman–Crippen LogP) is 5.52. The first-order valence-corrected chi connectivity index (χ1v) is 17.5. The number of hydrogen-bond donors (Lipinski definition) is 1. The number of piperidine rings is 1. The number of likely N-dealkylation sites (tertiary alicyclic amines) is 1. The third-order valence-electron chi connectivity index (χ3n) is 9.22. The molecule has 44 heavy (non-hydrogen) atoms. The standard InChI is InChI=1S/C32H36N6O4S2/c1-21-16-28(43-35-21)44(40,41)36-26-18-23(19-34-30(26)42-15-7-14-38-12-4-3-5-13-38)22-8-9-25-24(17-22)29-27(20-33-25)37(2)31(39)32(29)10-6-11-32/h8-9,16-20,36H,3-7,10-15H2,1-2H3. The van der Waals surface area contributed by atoms with Crippen molar-refractivity contribution in [3.8, 4) is 17.0 Å². The quantitative estimate of drug-likeness (QED) is 0.240. The molecule has 2 fully saturated rings. The van der Waals surface area contributed by atoms with Gasteiger partial charge in [0, 0.05) is 36.3 Å². The molecule has 1 amide bonds. The molecule has 12 heteroatoms. The number of aryl methyl sites for hydroxylation is 1. The number of nitrogens with one attached hydrogen (secondary N) is 1. The van der Waals surface area contributed by atoms with Gasteiger partial charge in [0.2, 0.25) is 11.8 Å². The molecule has 0 atom stereocenters. The molecular weight excluding hydrogens is 597 g/mol. The van der Waals surface area contributed by atoms with Gasteiger partial charge in [-0.1, -0.05) is 18.9 Å². The molecule has 0 bridgehead atoms. The number of nitrogens with zero attached hydrogens (tertiary/aromatic N) is 5. The molecule has 2 aliphatic heterocycles. The zero-order valence-electron chi connectivity index (χ0n) is 25.0. The monoisotopic (exact) mass is 632 g/mol. The van der Waals surface area contributed by atoms with Crippen LogP contribution in [0.15, 0.2) is 46.9 Å². The highest BCUT2D eigenvalue weighted by Gasteiger charge is 2.54. The summed E-state index contributed by atoms with van der Waals surface area (Å²) in [4.78, 5) is 26.7. The molecule has 230 valence electrons. The molecule has 1 N–H and O–H groups in total. The van der Waals surface area contributed by atoms with E-state index in [0.717, 1.165) is 90.1 Å². The zero-order valence-corrected chi connectivity index (χ0v) is 26.6. The molecule has 10 nitrogen and oxygen atoms in total. The lowest BCUT2D eigenvalue weighted by atomic mass is 9.64. The predicted molar refractivity (Wildman–Crippen MR) is 172 cm³/mol. The largest absolute Gasteiger partial charge is 0.476 e. The first-order valence-electron chi connectivity index (χ1n) is 15.3. The van der Waals surface area contributed by atoms with Crippen molar-refractivity contribution in [2.24, 2.45) is 0 Å². The number of sulfonamides is 1. The van der Waals surface area contributed by atoms with Crippen LogP contribution in [0.2, 0.25) is 0 Å². The Labute approximate surface area is 261 Å². The van der Waals surface area contributed by atoms with Gasteiger partial charge in [-0.25, -0.2) is 13.4 Å². The number of carbonyl (C=O) groups is 1. The molecule has 3 aliphatic rings. The fourth-order valence-electron chi connectivity index (χ4n) is 6.75. The second kappa shape index (κ2) is 11.4. The maximum absolute atomic E-state index is 13.4. The molecule has 3 aromatic heterocycles. The van der Waals surface area contributed by atoms with Crippen molar-refractivity contribution in [3.63, 3.8) is 0 Å². The lowest BCUT2D eigenvalue weighted by Crippen LogP contribution is -2.43. The first kappa shape index (κ1) is 29.1. The highest BCUT2D eigenvalue weighted by atomic mass is 32.2. The van der Waals surface area contributed by atoms with Crippen molar-refractivity contribution in [3.05, 3.63) is 54.0 Å².